The lowest BCUT2D eigenvalue weighted by Crippen LogP contribution is -2.45. The Balaban J connectivity index is 1.84. The first kappa shape index (κ1) is 19.7. The van der Waals surface area contributed by atoms with Crippen molar-refractivity contribution in [2.24, 2.45) is 4.99 Å². The molecule has 1 N–H and O–H groups in total. The predicted octanol–water partition coefficient (Wildman–Crippen LogP) is 4.97. The summed E-state index contributed by atoms with van der Waals surface area (Å²) in [6.07, 6.45) is 0.118. The van der Waals surface area contributed by atoms with Gasteiger partial charge in [0.25, 0.3) is 0 Å². The van der Waals surface area contributed by atoms with E-state index in [1.807, 2.05) is 25.1 Å². The predicted molar refractivity (Wildman–Crippen MR) is 112 cm³/mol. The van der Waals surface area contributed by atoms with Crippen LogP contribution in [-0.2, 0) is 9.59 Å². The molecule has 2 aromatic rings. The number of hydrogen-bond donors (Lipinski definition) is 1. The number of amides is 2. The lowest BCUT2D eigenvalue weighted by atomic mass is 10.2. The molecule has 1 saturated heterocycles. The Labute approximate surface area is 171 Å². The van der Waals surface area contributed by atoms with Crippen molar-refractivity contribution in [1.29, 1.82) is 0 Å². The van der Waals surface area contributed by atoms with Crippen LogP contribution in [-0.4, -0.2) is 33.7 Å². The number of hydrogen-bond acceptors (Lipinski definition) is 4. The maximum Gasteiger partial charge on any atom is 0.238 e. The first-order chi connectivity index (χ1) is 13.0. The maximum atomic E-state index is 12.6. The van der Waals surface area contributed by atoms with Gasteiger partial charge in [-0.15, -0.1) is 0 Å². The lowest BCUT2D eigenvalue weighted by Gasteiger charge is -2.30. The Kier molecular flexibility index (Phi) is 6.42. The molecule has 8 heteroatoms. The third kappa shape index (κ3) is 5.03. The molecule has 1 aliphatic rings. The van der Waals surface area contributed by atoms with E-state index in [1.54, 1.807) is 35.2 Å². The van der Waals surface area contributed by atoms with Gasteiger partial charge in [-0.25, -0.2) is 4.99 Å². The molecule has 0 aliphatic carbocycles. The number of carbonyl (C=O) groups is 2. The Morgan fingerprint density at radius 1 is 1.22 bits per heavy atom. The van der Waals surface area contributed by atoms with E-state index in [1.165, 1.54) is 11.8 Å². The van der Waals surface area contributed by atoms with E-state index in [2.05, 4.69) is 10.3 Å². The third-order valence-electron chi connectivity index (χ3n) is 3.86. The van der Waals surface area contributed by atoms with Gasteiger partial charge < -0.3 is 5.32 Å². The van der Waals surface area contributed by atoms with Crippen LogP contribution >= 0.6 is 35.0 Å². The number of carbonyl (C=O) groups excluding carboxylic acids is 2. The van der Waals surface area contributed by atoms with E-state index in [4.69, 9.17) is 23.2 Å². The van der Waals surface area contributed by atoms with Crippen LogP contribution in [0.4, 0.5) is 11.4 Å². The van der Waals surface area contributed by atoms with Gasteiger partial charge >= 0.3 is 0 Å². The molecule has 1 aliphatic heterocycles. The molecule has 0 saturated carbocycles. The van der Waals surface area contributed by atoms with Crippen molar-refractivity contribution in [1.82, 2.24) is 4.90 Å². The molecule has 1 unspecified atom stereocenters. The van der Waals surface area contributed by atoms with Gasteiger partial charge in [0.15, 0.2) is 5.17 Å². The van der Waals surface area contributed by atoms with Crippen LogP contribution in [0.15, 0.2) is 53.5 Å². The maximum absolute atomic E-state index is 12.6. The molecule has 0 spiro atoms. The van der Waals surface area contributed by atoms with Crippen LogP contribution in [0.3, 0.4) is 0 Å². The number of anilines is 1. The number of thioether (sulfide) groups is 1. The van der Waals surface area contributed by atoms with Crippen LogP contribution in [0.25, 0.3) is 0 Å². The number of nitrogens with one attached hydrogen (secondary N) is 1. The molecule has 2 aromatic carbocycles. The minimum Gasteiger partial charge on any atom is -0.325 e. The second kappa shape index (κ2) is 8.78. The molecule has 3 rings (SSSR count). The summed E-state index contributed by atoms with van der Waals surface area (Å²) in [5.74, 6) is -0.372. The molecule has 1 atom stereocenters. The largest absolute Gasteiger partial charge is 0.325 e. The third-order valence-corrected chi connectivity index (χ3v) is 5.49. The molecule has 2 amide bonds. The van der Waals surface area contributed by atoms with Gasteiger partial charge in [-0.1, -0.05) is 53.2 Å². The van der Waals surface area contributed by atoms with Gasteiger partial charge in [0, 0.05) is 28.7 Å². The minimum absolute atomic E-state index is 0.118. The summed E-state index contributed by atoms with van der Waals surface area (Å²) in [5, 5.41) is 3.65. The van der Waals surface area contributed by atoms with Gasteiger partial charge in [-0.05, 0) is 37.3 Å². The summed E-state index contributed by atoms with van der Waals surface area (Å²) in [5.41, 5.74) is 1.22. The fourth-order valence-electron chi connectivity index (χ4n) is 2.61. The quantitative estimate of drug-likeness (QED) is 0.757. The van der Waals surface area contributed by atoms with E-state index in [0.717, 1.165) is 0 Å². The van der Waals surface area contributed by atoms with E-state index < -0.39 is 5.25 Å². The van der Waals surface area contributed by atoms with Crippen molar-refractivity contribution in [3.8, 4) is 0 Å². The molecule has 0 bridgehead atoms. The normalized spacial score (nSPS) is 18.6. The fraction of sp³-hybridized carbons (Fsp3) is 0.211. The highest BCUT2D eigenvalue weighted by Gasteiger charge is 2.35. The fourth-order valence-corrected chi connectivity index (χ4v) is 4.29. The average Bonchev–Trinajstić information content (AvgIpc) is 2.61. The summed E-state index contributed by atoms with van der Waals surface area (Å²) in [7, 11) is 0. The van der Waals surface area contributed by atoms with E-state index in [-0.39, 0.29) is 18.2 Å². The van der Waals surface area contributed by atoms with Gasteiger partial charge in [-0.2, -0.15) is 0 Å². The second-order valence-electron chi connectivity index (χ2n) is 5.83. The number of para-hydroxylation sites is 1. The molecule has 140 valence electrons. The van der Waals surface area contributed by atoms with Crippen molar-refractivity contribution in [2.75, 3.05) is 11.9 Å². The van der Waals surface area contributed by atoms with Crippen LogP contribution in [0.2, 0.25) is 10.0 Å². The van der Waals surface area contributed by atoms with Crippen molar-refractivity contribution in [3.63, 3.8) is 0 Å². The van der Waals surface area contributed by atoms with Crippen LogP contribution < -0.4 is 5.32 Å². The van der Waals surface area contributed by atoms with Gasteiger partial charge in [0.2, 0.25) is 11.8 Å². The summed E-state index contributed by atoms with van der Waals surface area (Å²) >= 11 is 13.3. The SMILES string of the molecule is CCN1C(=O)CC(C(=O)Nc2ccccc2)SC1=Nc1cc(Cl)cc(Cl)c1. The van der Waals surface area contributed by atoms with Crippen molar-refractivity contribution < 1.29 is 9.59 Å². The Bertz CT molecular complexity index is 870. The smallest absolute Gasteiger partial charge is 0.238 e. The zero-order valence-electron chi connectivity index (χ0n) is 14.5. The highest BCUT2D eigenvalue weighted by atomic mass is 35.5. The Morgan fingerprint density at radius 3 is 2.52 bits per heavy atom. The molecular formula is C19H17Cl2N3O2S. The number of amidine groups is 1. The zero-order chi connectivity index (χ0) is 19.4. The molecule has 0 radical (unpaired) electrons. The second-order valence-corrected chi connectivity index (χ2v) is 7.87. The monoisotopic (exact) mass is 421 g/mol. The van der Waals surface area contributed by atoms with Gasteiger partial charge in [-0.3, -0.25) is 14.5 Å². The lowest BCUT2D eigenvalue weighted by molar-refractivity contribution is -0.129. The van der Waals surface area contributed by atoms with Crippen molar-refractivity contribution in [3.05, 3.63) is 58.6 Å². The van der Waals surface area contributed by atoms with Crippen molar-refractivity contribution in [2.45, 2.75) is 18.6 Å². The van der Waals surface area contributed by atoms with E-state index in [0.29, 0.717) is 33.1 Å². The van der Waals surface area contributed by atoms with Crippen LogP contribution in [0.1, 0.15) is 13.3 Å². The number of aliphatic imine (C=N–C) groups is 1. The summed E-state index contributed by atoms with van der Waals surface area (Å²) in [4.78, 5) is 31.2. The number of nitrogens with zero attached hydrogens (tertiary/aromatic N) is 2. The molecule has 5 nitrogen and oxygen atoms in total. The van der Waals surface area contributed by atoms with Gasteiger partial charge in [0.1, 0.15) is 5.25 Å². The van der Waals surface area contributed by atoms with Crippen LogP contribution in [0, 0.1) is 0 Å². The number of halogens is 2. The molecule has 0 aromatic heterocycles. The number of benzene rings is 2. The summed E-state index contributed by atoms with van der Waals surface area (Å²) in [6.45, 7) is 2.33. The minimum atomic E-state index is -0.561. The highest BCUT2D eigenvalue weighted by Crippen LogP contribution is 2.31. The molecule has 1 heterocycles. The van der Waals surface area contributed by atoms with E-state index >= 15 is 0 Å². The first-order valence-electron chi connectivity index (χ1n) is 8.34. The van der Waals surface area contributed by atoms with Gasteiger partial charge in [0.05, 0.1) is 5.69 Å². The van der Waals surface area contributed by atoms with Crippen LogP contribution in [0.5, 0.6) is 0 Å². The molecule has 1 fully saturated rings. The summed E-state index contributed by atoms with van der Waals surface area (Å²) < 4.78 is 0. The molecule has 27 heavy (non-hydrogen) atoms. The standard InChI is InChI=1S/C19H17Cl2N3O2S/c1-2-24-17(25)11-16(18(26)22-14-6-4-3-5-7-14)27-19(24)23-15-9-12(20)8-13(21)10-15/h3-10,16H,2,11H2,1H3,(H,22,26). The first-order valence-corrected chi connectivity index (χ1v) is 9.97. The topological polar surface area (TPSA) is 61.8 Å². The zero-order valence-corrected chi connectivity index (χ0v) is 16.8. The van der Waals surface area contributed by atoms with Crippen molar-refractivity contribution >= 4 is 63.3 Å². The number of rotatable bonds is 4. The molecular weight excluding hydrogens is 405 g/mol. The average molecular weight is 422 g/mol. The Morgan fingerprint density at radius 2 is 1.89 bits per heavy atom. The highest BCUT2D eigenvalue weighted by molar-refractivity contribution is 8.15. The summed E-state index contributed by atoms with van der Waals surface area (Å²) in [6, 6.07) is 14.1. The van der Waals surface area contributed by atoms with E-state index in [9.17, 15) is 9.59 Å². The Hall–Kier alpha value is -2.02.